The maximum absolute atomic E-state index is 15.3. The fourth-order valence-corrected chi connectivity index (χ4v) is 7.04. The van der Waals surface area contributed by atoms with E-state index in [-0.39, 0.29) is 11.6 Å². The Bertz CT molecular complexity index is 1640. The number of hydrogen-bond acceptors (Lipinski definition) is 11. The fraction of sp³-hybridized carbons (Fsp3) is 0.387. The minimum atomic E-state index is -1.80. The normalized spacial score (nSPS) is 17.0. The van der Waals surface area contributed by atoms with Gasteiger partial charge in [-0.1, -0.05) is 23.5 Å². The van der Waals surface area contributed by atoms with E-state index in [1.54, 1.807) is 30.7 Å². The van der Waals surface area contributed by atoms with Crippen molar-refractivity contribution in [3.8, 4) is 27.6 Å². The average molecular weight is 653 g/mol. The highest BCUT2D eigenvalue weighted by atomic mass is 32.2. The standard InChI is InChI=1S/C31H37FN8O3S2/c1-37-10-14-40(15-11-37)31-36-28(22-4-3-5-24(20-22)43-2)29(44-31)26-8-9-33-30(35-26)34-23-6-7-27(25(32)21-23)39-16-12-38(13-17-39)18-19-45(41)42/h3-9,20-21H,10-19H2,1-2H3,(H,41,42)(H,33,34,35). The van der Waals surface area contributed by atoms with Gasteiger partial charge in [-0.2, -0.15) is 0 Å². The van der Waals surface area contributed by atoms with Gasteiger partial charge >= 0.3 is 0 Å². The van der Waals surface area contributed by atoms with Crippen LogP contribution in [0, 0.1) is 5.82 Å². The maximum Gasteiger partial charge on any atom is 0.227 e. The van der Waals surface area contributed by atoms with E-state index in [1.807, 2.05) is 41.3 Å². The second-order valence-corrected chi connectivity index (χ2v) is 13.1. The molecule has 2 aliphatic heterocycles. The summed E-state index contributed by atoms with van der Waals surface area (Å²) in [7, 11) is 3.79. The second-order valence-electron chi connectivity index (χ2n) is 11.1. The van der Waals surface area contributed by atoms with Crippen LogP contribution in [0.1, 0.15) is 0 Å². The Balaban J connectivity index is 1.21. The van der Waals surface area contributed by atoms with E-state index in [0.717, 1.165) is 58.9 Å². The molecule has 4 aromatic rings. The van der Waals surface area contributed by atoms with E-state index in [9.17, 15) is 4.21 Å². The van der Waals surface area contributed by atoms with Gasteiger partial charge in [0, 0.05) is 76.4 Å². The van der Waals surface area contributed by atoms with E-state index >= 15 is 4.39 Å². The summed E-state index contributed by atoms with van der Waals surface area (Å²) in [5.74, 6) is 1.01. The Kier molecular flexibility index (Phi) is 9.85. The van der Waals surface area contributed by atoms with Crippen LogP contribution in [0.4, 0.5) is 26.8 Å². The van der Waals surface area contributed by atoms with Gasteiger partial charge in [0.1, 0.15) is 11.6 Å². The summed E-state index contributed by atoms with van der Waals surface area (Å²) < 4.78 is 40.8. The second kappa shape index (κ2) is 14.2. The van der Waals surface area contributed by atoms with Gasteiger partial charge in [0.25, 0.3) is 0 Å². The number of nitrogens with one attached hydrogen (secondary N) is 1. The molecule has 45 heavy (non-hydrogen) atoms. The highest BCUT2D eigenvalue weighted by molar-refractivity contribution is 7.79. The highest BCUT2D eigenvalue weighted by Crippen LogP contribution is 2.41. The first kappa shape index (κ1) is 31.3. The molecule has 0 aliphatic carbocycles. The molecule has 4 heterocycles. The number of ether oxygens (including phenoxy) is 1. The topological polar surface area (TPSA) is 110 Å². The predicted octanol–water partition coefficient (Wildman–Crippen LogP) is 4.25. The quantitative estimate of drug-likeness (QED) is 0.240. The number of likely N-dealkylation sites (N-methyl/N-ethyl adjacent to an activating group) is 1. The molecule has 2 N–H and O–H groups in total. The molecule has 2 fully saturated rings. The van der Waals surface area contributed by atoms with Crippen molar-refractivity contribution >= 4 is 44.9 Å². The van der Waals surface area contributed by atoms with Gasteiger partial charge in [-0.3, -0.25) is 4.90 Å². The number of anilines is 4. The van der Waals surface area contributed by atoms with E-state index in [2.05, 4.69) is 32.0 Å². The first-order valence-corrected chi connectivity index (χ1v) is 17.0. The van der Waals surface area contributed by atoms with Gasteiger partial charge in [0.2, 0.25) is 5.95 Å². The Hall–Kier alpha value is -3.69. The summed E-state index contributed by atoms with van der Waals surface area (Å²) in [5.41, 5.74) is 3.58. The van der Waals surface area contributed by atoms with Crippen LogP contribution in [-0.2, 0) is 11.1 Å². The third kappa shape index (κ3) is 7.59. The summed E-state index contributed by atoms with van der Waals surface area (Å²) in [5, 5.41) is 4.13. The van der Waals surface area contributed by atoms with Gasteiger partial charge in [-0.25, -0.2) is 23.6 Å². The molecule has 0 spiro atoms. The number of rotatable bonds is 10. The van der Waals surface area contributed by atoms with Gasteiger partial charge in [-0.05, 0) is 43.4 Å². The minimum absolute atomic E-state index is 0.223. The van der Waals surface area contributed by atoms with Crippen molar-refractivity contribution in [1.29, 1.82) is 0 Å². The first-order valence-electron chi connectivity index (χ1n) is 14.9. The lowest BCUT2D eigenvalue weighted by atomic mass is 10.1. The maximum atomic E-state index is 15.3. The van der Waals surface area contributed by atoms with Crippen LogP contribution in [0.25, 0.3) is 21.8 Å². The molecule has 2 aromatic carbocycles. The molecule has 0 bridgehead atoms. The van der Waals surface area contributed by atoms with E-state index in [4.69, 9.17) is 19.3 Å². The Morgan fingerprint density at radius 1 is 1.00 bits per heavy atom. The molecule has 1 unspecified atom stereocenters. The Morgan fingerprint density at radius 3 is 2.51 bits per heavy atom. The lowest BCUT2D eigenvalue weighted by Gasteiger charge is -2.36. The zero-order chi connectivity index (χ0) is 31.3. The van der Waals surface area contributed by atoms with Gasteiger partial charge in [-0.15, -0.1) is 0 Å². The van der Waals surface area contributed by atoms with E-state index < -0.39 is 11.1 Å². The molecule has 1 atom stereocenters. The zero-order valence-corrected chi connectivity index (χ0v) is 27.0. The summed E-state index contributed by atoms with van der Waals surface area (Å²) >= 11 is -0.194. The van der Waals surface area contributed by atoms with Gasteiger partial charge in [0.05, 0.1) is 34.8 Å². The number of methoxy groups -OCH3 is 1. The minimum Gasteiger partial charge on any atom is -0.497 e. The van der Waals surface area contributed by atoms with Crippen molar-refractivity contribution in [3.63, 3.8) is 0 Å². The van der Waals surface area contributed by atoms with Crippen molar-refractivity contribution in [2.45, 2.75) is 0 Å². The van der Waals surface area contributed by atoms with Crippen molar-refractivity contribution in [3.05, 3.63) is 60.5 Å². The van der Waals surface area contributed by atoms with Crippen molar-refractivity contribution in [1.82, 2.24) is 24.8 Å². The van der Waals surface area contributed by atoms with E-state index in [1.165, 1.54) is 6.07 Å². The SMILES string of the molecule is COc1cccc(-c2nc(N3CCN(C)CC3)sc2-c2ccnc(Nc3ccc(N4CCN(CCS(=O)O)CC4)c(F)c3)n2)c1. The number of thiazole rings is 1. The summed E-state index contributed by atoms with van der Waals surface area (Å²) in [6.07, 6.45) is 1.70. The van der Waals surface area contributed by atoms with E-state index in [0.29, 0.717) is 50.0 Å². The average Bonchev–Trinajstić information content (AvgIpc) is 3.50. The third-order valence-electron chi connectivity index (χ3n) is 8.12. The van der Waals surface area contributed by atoms with Crippen molar-refractivity contribution in [2.24, 2.45) is 0 Å². The van der Waals surface area contributed by atoms with Crippen molar-refractivity contribution in [2.75, 3.05) is 93.9 Å². The lowest BCUT2D eigenvalue weighted by Crippen LogP contribution is -2.47. The smallest absolute Gasteiger partial charge is 0.227 e. The van der Waals surface area contributed by atoms with Crippen LogP contribution in [0.3, 0.4) is 0 Å². The number of halogens is 1. The summed E-state index contributed by atoms with van der Waals surface area (Å²) in [6, 6.07) is 14.8. The summed E-state index contributed by atoms with van der Waals surface area (Å²) in [4.78, 5) is 24.0. The summed E-state index contributed by atoms with van der Waals surface area (Å²) in [6.45, 7) is 7.03. The van der Waals surface area contributed by atoms with Crippen LogP contribution in [0.15, 0.2) is 54.7 Å². The Labute approximate surface area is 269 Å². The van der Waals surface area contributed by atoms with Crippen LogP contribution in [0.5, 0.6) is 5.75 Å². The lowest BCUT2D eigenvalue weighted by molar-refractivity contribution is 0.271. The number of hydrogen-bond donors (Lipinski definition) is 2. The first-order chi connectivity index (χ1) is 21.9. The van der Waals surface area contributed by atoms with Crippen LogP contribution in [0.2, 0.25) is 0 Å². The molecule has 238 valence electrons. The highest BCUT2D eigenvalue weighted by Gasteiger charge is 2.24. The molecule has 6 rings (SSSR count). The van der Waals surface area contributed by atoms with Crippen LogP contribution in [-0.4, -0.2) is 112 Å². The molecule has 11 nitrogen and oxygen atoms in total. The molecular formula is C31H37FN8O3S2. The molecule has 0 radical (unpaired) electrons. The zero-order valence-electron chi connectivity index (χ0n) is 25.4. The molecule has 2 saturated heterocycles. The number of benzene rings is 2. The molecule has 14 heteroatoms. The molecule has 2 aliphatic rings. The molecule has 0 saturated carbocycles. The predicted molar refractivity (Wildman–Crippen MR) is 179 cm³/mol. The number of nitrogens with zero attached hydrogens (tertiary/aromatic N) is 7. The monoisotopic (exact) mass is 652 g/mol. The number of aromatic nitrogens is 3. The molecular weight excluding hydrogens is 616 g/mol. The molecule has 0 amide bonds. The van der Waals surface area contributed by atoms with Crippen LogP contribution >= 0.6 is 11.3 Å². The van der Waals surface area contributed by atoms with Gasteiger partial charge in [0.15, 0.2) is 16.2 Å². The molecule has 2 aromatic heterocycles. The Morgan fingerprint density at radius 2 is 1.78 bits per heavy atom. The largest absolute Gasteiger partial charge is 0.497 e. The fourth-order valence-electron chi connectivity index (χ4n) is 5.52. The number of piperazine rings is 2. The van der Waals surface area contributed by atoms with Gasteiger partial charge < -0.3 is 29.3 Å². The van der Waals surface area contributed by atoms with Crippen molar-refractivity contribution < 1.29 is 17.9 Å². The van der Waals surface area contributed by atoms with Crippen LogP contribution < -0.4 is 19.9 Å². The third-order valence-corrected chi connectivity index (χ3v) is 9.79.